The summed E-state index contributed by atoms with van der Waals surface area (Å²) in [6.45, 7) is 2.64. The number of piperidine rings is 1. The van der Waals surface area contributed by atoms with E-state index in [0.717, 1.165) is 0 Å². The van der Waals surface area contributed by atoms with Crippen LogP contribution in [-0.2, 0) is 9.59 Å². The molecule has 1 atom stereocenters. The van der Waals surface area contributed by atoms with Crippen molar-refractivity contribution in [1.29, 1.82) is 0 Å². The standard InChI is InChI=1S/C20H20Cl3N3O3/c1-12(29-17-4-2-14(21)10-16(17)23)20(28)26-8-6-13(7-9-26)19(27)25-18-5-3-15(22)11-24-18/h2-5,10-13H,6-9H2,1H3,(H,24,25,27). The van der Waals surface area contributed by atoms with Gasteiger partial charge in [0, 0.05) is 30.2 Å². The molecule has 3 rings (SSSR count). The summed E-state index contributed by atoms with van der Waals surface area (Å²) in [6.07, 6.45) is 1.92. The maximum absolute atomic E-state index is 12.7. The van der Waals surface area contributed by atoms with Crippen LogP contribution in [0.5, 0.6) is 5.75 Å². The van der Waals surface area contributed by atoms with Crippen LogP contribution in [0.3, 0.4) is 0 Å². The molecule has 0 saturated carbocycles. The number of ether oxygens (including phenoxy) is 1. The first kappa shape index (κ1) is 21.7. The molecule has 2 amide bonds. The summed E-state index contributed by atoms with van der Waals surface area (Å²) in [6, 6.07) is 8.17. The molecule has 9 heteroatoms. The highest BCUT2D eigenvalue weighted by molar-refractivity contribution is 6.35. The molecule has 1 aliphatic rings. The van der Waals surface area contributed by atoms with Crippen molar-refractivity contribution in [2.24, 2.45) is 5.92 Å². The van der Waals surface area contributed by atoms with Gasteiger partial charge in [0.05, 0.1) is 10.0 Å². The number of benzene rings is 1. The average molecular weight is 457 g/mol. The Hall–Kier alpha value is -2.02. The largest absolute Gasteiger partial charge is 0.479 e. The fourth-order valence-corrected chi connectivity index (χ4v) is 3.67. The normalized spacial score (nSPS) is 15.7. The summed E-state index contributed by atoms with van der Waals surface area (Å²) in [7, 11) is 0. The monoisotopic (exact) mass is 455 g/mol. The summed E-state index contributed by atoms with van der Waals surface area (Å²) < 4.78 is 5.70. The Morgan fingerprint density at radius 3 is 2.45 bits per heavy atom. The van der Waals surface area contributed by atoms with Gasteiger partial charge in [0.1, 0.15) is 11.6 Å². The zero-order valence-electron chi connectivity index (χ0n) is 15.7. The van der Waals surface area contributed by atoms with Crippen molar-refractivity contribution < 1.29 is 14.3 Å². The topological polar surface area (TPSA) is 71.5 Å². The highest BCUT2D eigenvalue weighted by atomic mass is 35.5. The second-order valence-corrected chi connectivity index (χ2v) is 8.07. The zero-order chi connectivity index (χ0) is 21.0. The molecule has 0 radical (unpaired) electrons. The number of aromatic nitrogens is 1. The van der Waals surface area contributed by atoms with Gasteiger partial charge in [-0.05, 0) is 50.1 Å². The van der Waals surface area contributed by atoms with Crippen LogP contribution in [-0.4, -0.2) is 40.9 Å². The molecule has 1 aromatic heterocycles. The Morgan fingerprint density at radius 1 is 1.14 bits per heavy atom. The van der Waals surface area contributed by atoms with Crippen molar-refractivity contribution in [3.05, 3.63) is 51.6 Å². The molecule has 1 unspecified atom stereocenters. The predicted molar refractivity (Wildman–Crippen MR) is 114 cm³/mol. The van der Waals surface area contributed by atoms with E-state index in [0.29, 0.717) is 52.6 Å². The summed E-state index contributed by atoms with van der Waals surface area (Å²) in [4.78, 5) is 30.9. The van der Waals surface area contributed by atoms with E-state index in [1.54, 1.807) is 42.2 Å². The number of rotatable bonds is 5. The van der Waals surface area contributed by atoms with E-state index in [-0.39, 0.29) is 17.7 Å². The Kier molecular flexibility index (Phi) is 7.22. The highest BCUT2D eigenvalue weighted by Crippen LogP contribution is 2.29. The summed E-state index contributed by atoms with van der Waals surface area (Å²) in [5.74, 6) is 0.429. The number of amides is 2. The lowest BCUT2D eigenvalue weighted by Gasteiger charge is -2.33. The molecular formula is C20H20Cl3N3O3. The van der Waals surface area contributed by atoms with Crippen molar-refractivity contribution >= 4 is 52.4 Å². The number of pyridine rings is 1. The van der Waals surface area contributed by atoms with Gasteiger partial charge in [-0.15, -0.1) is 0 Å². The van der Waals surface area contributed by atoms with E-state index in [1.165, 1.54) is 6.20 Å². The van der Waals surface area contributed by atoms with Crippen LogP contribution in [0, 0.1) is 5.92 Å². The van der Waals surface area contributed by atoms with Gasteiger partial charge in [0.15, 0.2) is 6.10 Å². The van der Waals surface area contributed by atoms with Crippen molar-refractivity contribution in [1.82, 2.24) is 9.88 Å². The third-order valence-electron chi connectivity index (χ3n) is 4.70. The third-order valence-corrected chi connectivity index (χ3v) is 5.46. The SMILES string of the molecule is CC(Oc1ccc(Cl)cc1Cl)C(=O)N1CCC(C(=O)Nc2ccc(Cl)cn2)CC1. The molecule has 0 aliphatic carbocycles. The molecule has 2 aromatic rings. The Balaban J connectivity index is 1.50. The summed E-state index contributed by atoms with van der Waals surface area (Å²) in [5.41, 5.74) is 0. The molecule has 1 N–H and O–H groups in total. The number of hydrogen-bond acceptors (Lipinski definition) is 4. The zero-order valence-corrected chi connectivity index (χ0v) is 18.0. The maximum Gasteiger partial charge on any atom is 0.263 e. The molecule has 0 spiro atoms. The number of likely N-dealkylation sites (tertiary alicyclic amines) is 1. The fraction of sp³-hybridized carbons (Fsp3) is 0.350. The van der Waals surface area contributed by atoms with Crippen molar-refractivity contribution in [3.63, 3.8) is 0 Å². The van der Waals surface area contributed by atoms with Crippen LogP contribution in [0.25, 0.3) is 0 Å². The second-order valence-electron chi connectivity index (χ2n) is 6.79. The van der Waals surface area contributed by atoms with Gasteiger partial charge in [-0.3, -0.25) is 9.59 Å². The van der Waals surface area contributed by atoms with Gasteiger partial charge in [-0.2, -0.15) is 0 Å². The number of hydrogen-bond donors (Lipinski definition) is 1. The number of carbonyl (C=O) groups is 2. The summed E-state index contributed by atoms with van der Waals surface area (Å²) in [5, 5.41) is 4.14. The molecule has 0 bridgehead atoms. The van der Waals surface area contributed by atoms with Crippen molar-refractivity contribution in [2.75, 3.05) is 18.4 Å². The van der Waals surface area contributed by atoms with Gasteiger partial charge in [0.2, 0.25) is 5.91 Å². The van der Waals surface area contributed by atoms with Gasteiger partial charge < -0.3 is 15.0 Å². The first-order valence-corrected chi connectivity index (χ1v) is 10.3. The average Bonchev–Trinajstić information content (AvgIpc) is 2.71. The quantitative estimate of drug-likeness (QED) is 0.709. The number of anilines is 1. The van der Waals surface area contributed by atoms with Gasteiger partial charge in [-0.25, -0.2) is 4.98 Å². The maximum atomic E-state index is 12.7. The van der Waals surface area contributed by atoms with Crippen LogP contribution in [0.4, 0.5) is 5.82 Å². The van der Waals surface area contributed by atoms with Crippen LogP contribution < -0.4 is 10.1 Å². The lowest BCUT2D eigenvalue weighted by Crippen LogP contribution is -2.46. The molecule has 1 fully saturated rings. The summed E-state index contributed by atoms with van der Waals surface area (Å²) >= 11 is 17.8. The first-order valence-electron chi connectivity index (χ1n) is 9.16. The first-order chi connectivity index (χ1) is 13.8. The van der Waals surface area contributed by atoms with Crippen LogP contribution in [0.2, 0.25) is 15.1 Å². The molecular weight excluding hydrogens is 437 g/mol. The lowest BCUT2D eigenvalue weighted by molar-refractivity contribution is -0.140. The van der Waals surface area contributed by atoms with E-state index < -0.39 is 6.10 Å². The van der Waals surface area contributed by atoms with Gasteiger partial charge in [-0.1, -0.05) is 34.8 Å². The third kappa shape index (κ3) is 5.75. The van der Waals surface area contributed by atoms with Crippen LogP contribution in [0.1, 0.15) is 19.8 Å². The minimum Gasteiger partial charge on any atom is -0.479 e. The van der Waals surface area contributed by atoms with E-state index in [1.807, 2.05) is 0 Å². The fourth-order valence-electron chi connectivity index (χ4n) is 3.11. The molecule has 1 aromatic carbocycles. The molecule has 154 valence electrons. The molecule has 6 nitrogen and oxygen atoms in total. The smallest absolute Gasteiger partial charge is 0.263 e. The van der Waals surface area contributed by atoms with Crippen LogP contribution >= 0.6 is 34.8 Å². The molecule has 2 heterocycles. The van der Waals surface area contributed by atoms with Gasteiger partial charge >= 0.3 is 0 Å². The Labute approximate surface area is 184 Å². The van der Waals surface area contributed by atoms with E-state index in [4.69, 9.17) is 39.5 Å². The number of halogens is 3. The predicted octanol–water partition coefficient (Wildman–Crippen LogP) is 4.69. The van der Waals surface area contributed by atoms with Crippen LogP contribution in [0.15, 0.2) is 36.5 Å². The molecule has 29 heavy (non-hydrogen) atoms. The van der Waals surface area contributed by atoms with E-state index in [2.05, 4.69) is 10.3 Å². The Bertz CT molecular complexity index is 884. The highest BCUT2D eigenvalue weighted by Gasteiger charge is 2.30. The van der Waals surface area contributed by atoms with Crippen molar-refractivity contribution in [3.8, 4) is 5.75 Å². The second kappa shape index (κ2) is 9.65. The lowest BCUT2D eigenvalue weighted by atomic mass is 9.95. The number of carbonyl (C=O) groups excluding carboxylic acids is 2. The molecule has 1 saturated heterocycles. The minimum atomic E-state index is -0.697. The number of nitrogens with one attached hydrogen (secondary N) is 1. The number of nitrogens with zero attached hydrogens (tertiary/aromatic N) is 2. The molecule has 1 aliphatic heterocycles. The van der Waals surface area contributed by atoms with E-state index in [9.17, 15) is 9.59 Å². The Morgan fingerprint density at radius 2 is 1.83 bits per heavy atom. The van der Waals surface area contributed by atoms with Crippen molar-refractivity contribution in [2.45, 2.75) is 25.9 Å². The minimum absolute atomic E-state index is 0.107. The van der Waals surface area contributed by atoms with Gasteiger partial charge in [0.25, 0.3) is 5.91 Å². The van der Waals surface area contributed by atoms with E-state index >= 15 is 0 Å².